The Labute approximate surface area is 108 Å². The van der Waals surface area contributed by atoms with Gasteiger partial charge >= 0.3 is 0 Å². The minimum atomic E-state index is 0.660. The van der Waals surface area contributed by atoms with Crippen LogP contribution in [0.15, 0.2) is 30.5 Å². The van der Waals surface area contributed by atoms with Crippen molar-refractivity contribution >= 4 is 17.2 Å². The maximum atomic E-state index is 5.84. The molecule has 1 heterocycles. The van der Waals surface area contributed by atoms with E-state index in [-0.39, 0.29) is 0 Å². The topological polar surface area (TPSA) is 55.9 Å². The maximum absolute atomic E-state index is 5.84. The van der Waals surface area contributed by atoms with Crippen LogP contribution in [0.4, 0.5) is 17.2 Å². The van der Waals surface area contributed by atoms with E-state index in [2.05, 4.69) is 41.6 Å². The van der Waals surface area contributed by atoms with Crippen molar-refractivity contribution in [3.05, 3.63) is 36.0 Å². The van der Waals surface area contributed by atoms with Crippen LogP contribution >= 0.6 is 0 Å². The second kappa shape index (κ2) is 5.58. The van der Waals surface area contributed by atoms with Gasteiger partial charge in [-0.05, 0) is 30.5 Å². The average Bonchev–Trinajstić information content (AvgIpc) is 2.67. The maximum Gasteiger partial charge on any atom is 0.175 e. The Hall–Kier alpha value is -1.97. The molecule has 0 radical (unpaired) electrons. The van der Waals surface area contributed by atoms with Crippen LogP contribution in [-0.4, -0.2) is 9.78 Å². The molecule has 0 aliphatic rings. The van der Waals surface area contributed by atoms with Gasteiger partial charge in [-0.1, -0.05) is 25.5 Å². The monoisotopic (exact) mass is 244 g/mol. The summed E-state index contributed by atoms with van der Waals surface area (Å²) in [5, 5.41) is 7.48. The molecule has 0 saturated carbocycles. The van der Waals surface area contributed by atoms with E-state index in [9.17, 15) is 0 Å². The first-order chi connectivity index (χ1) is 8.69. The first-order valence-electron chi connectivity index (χ1n) is 6.34. The molecule has 0 bridgehead atoms. The van der Waals surface area contributed by atoms with Gasteiger partial charge in [0.1, 0.15) is 0 Å². The molecule has 0 unspecified atom stereocenters. The Morgan fingerprint density at radius 1 is 1.28 bits per heavy atom. The van der Waals surface area contributed by atoms with Crippen molar-refractivity contribution in [1.29, 1.82) is 0 Å². The van der Waals surface area contributed by atoms with Crippen molar-refractivity contribution in [3.8, 4) is 0 Å². The second-order valence-electron chi connectivity index (χ2n) is 4.53. The van der Waals surface area contributed by atoms with Crippen LogP contribution in [0, 0.1) is 0 Å². The second-order valence-corrected chi connectivity index (χ2v) is 4.53. The molecule has 0 saturated heterocycles. The number of hydrogen-bond donors (Lipinski definition) is 2. The highest BCUT2D eigenvalue weighted by Gasteiger charge is 2.04. The fraction of sp³-hybridized carbons (Fsp3) is 0.357. The van der Waals surface area contributed by atoms with E-state index in [1.165, 1.54) is 18.4 Å². The van der Waals surface area contributed by atoms with Crippen LogP contribution in [0.3, 0.4) is 0 Å². The summed E-state index contributed by atoms with van der Waals surface area (Å²) in [6, 6.07) is 8.44. The van der Waals surface area contributed by atoms with Crippen LogP contribution in [0.1, 0.15) is 25.3 Å². The Kier molecular flexibility index (Phi) is 3.87. The number of rotatable bonds is 5. The normalized spacial score (nSPS) is 10.6. The van der Waals surface area contributed by atoms with Crippen molar-refractivity contribution in [2.45, 2.75) is 26.2 Å². The van der Waals surface area contributed by atoms with Gasteiger partial charge in [0.15, 0.2) is 5.82 Å². The third kappa shape index (κ3) is 3.03. The average molecular weight is 244 g/mol. The minimum Gasteiger partial charge on any atom is -0.394 e. The Morgan fingerprint density at radius 3 is 2.56 bits per heavy atom. The summed E-state index contributed by atoms with van der Waals surface area (Å²) in [7, 11) is 1.86. The van der Waals surface area contributed by atoms with Crippen molar-refractivity contribution in [2.75, 3.05) is 11.1 Å². The van der Waals surface area contributed by atoms with E-state index in [0.29, 0.717) is 11.5 Å². The van der Waals surface area contributed by atoms with Crippen LogP contribution in [0.2, 0.25) is 0 Å². The standard InChI is InChI=1S/C14H20N4/c1-3-4-5-11-6-8-12(9-7-11)16-14-13(15)10-18(2)17-14/h6-10H,3-5,15H2,1-2H3,(H,16,17). The van der Waals surface area contributed by atoms with Gasteiger partial charge < -0.3 is 11.1 Å². The predicted molar refractivity (Wildman–Crippen MR) is 76.0 cm³/mol. The molecule has 0 atom stereocenters. The number of benzene rings is 1. The lowest BCUT2D eigenvalue weighted by Gasteiger charge is -2.05. The van der Waals surface area contributed by atoms with E-state index in [1.54, 1.807) is 10.9 Å². The smallest absolute Gasteiger partial charge is 0.175 e. The molecule has 18 heavy (non-hydrogen) atoms. The minimum absolute atomic E-state index is 0.660. The highest BCUT2D eigenvalue weighted by molar-refractivity contribution is 5.67. The zero-order valence-corrected chi connectivity index (χ0v) is 11.0. The summed E-state index contributed by atoms with van der Waals surface area (Å²) in [6.45, 7) is 2.21. The molecule has 4 nitrogen and oxygen atoms in total. The van der Waals surface area contributed by atoms with Gasteiger partial charge in [0.25, 0.3) is 0 Å². The van der Waals surface area contributed by atoms with Gasteiger partial charge in [0, 0.05) is 18.9 Å². The molecule has 96 valence electrons. The highest BCUT2D eigenvalue weighted by Crippen LogP contribution is 2.21. The first-order valence-corrected chi connectivity index (χ1v) is 6.34. The molecule has 3 N–H and O–H groups in total. The van der Waals surface area contributed by atoms with E-state index >= 15 is 0 Å². The summed E-state index contributed by atoms with van der Waals surface area (Å²) < 4.78 is 1.70. The van der Waals surface area contributed by atoms with Gasteiger partial charge in [-0.2, -0.15) is 5.10 Å². The third-order valence-corrected chi connectivity index (χ3v) is 2.89. The first kappa shape index (κ1) is 12.5. The molecule has 1 aromatic carbocycles. The van der Waals surface area contributed by atoms with Gasteiger partial charge in [-0.25, -0.2) is 0 Å². The number of nitrogens with one attached hydrogen (secondary N) is 1. The lowest BCUT2D eigenvalue weighted by molar-refractivity contribution is 0.771. The van der Waals surface area contributed by atoms with Gasteiger partial charge in [0.2, 0.25) is 0 Å². The summed E-state index contributed by atoms with van der Waals surface area (Å²) in [5.41, 5.74) is 8.88. The Bertz CT molecular complexity index is 499. The predicted octanol–water partition coefficient (Wildman–Crippen LogP) is 3.09. The molecule has 1 aromatic heterocycles. The zero-order chi connectivity index (χ0) is 13.0. The molecule has 0 spiro atoms. The summed E-state index contributed by atoms with van der Waals surface area (Å²) in [5.74, 6) is 0.707. The SMILES string of the molecule is CCCCc1ccc(Nc2nn(C)cc2N)cc1. The lowest BCUT2D eigenvalue weighted by atomic mass is 10.1. The van der Waals surface area contributed by atoms with Gasteiger partial charge in [-0.15, -0.1) is 0 Å². The lowest BCUT2D eigenvalue weighted by Crippen LogP contribution is -1.96. The number of nitrogens with zero attached hydrogens (tertiary/aromatic N) is 2. The number of aromatic nitrogens is 2. The largest absolute Gasteiger partial charge is 0.394 e. The third-order valence-electron chi connectivity index (χ3n) is 2.89. The molecule has 0 aliphatic heterocycles. The number of anilines is 3. The van der Waals surface area contributed by atoms with Crippen molar-refractivity contribution < 1.29 is 0 Å². The Morgan fingerprint density at radius 2 is 2.00 bits per heavy atom. The van der Waals surface area contributed by atoms with Gasteiger partial charge in [0.05, 0.1) is 5.69 Å². The molecular formula is C14H20N4. The summed E-state index contributed by atoms with van der Waals surface area (Å²) >= 11 is 0. The van der Waals surface area contributed by atoms with Crippen molar-refractivity contribution in [1.82, 2.24) is 9.78 Å². The van der Waals surface area contributed by atoms with E-state index < -0.39 is 0 Å². The molecule has 4 heteroatoms. The summed E-state index contributed by atoms with van der Waals surface area (Å²) in [4.78, 5) is 0. The van der Waals surface area contributed by atoms with E-state index in [0.717, 1.165) is 12.1 Å². The zero-order valence-electron chi connectivity index (χ0n) is 11.0. The van der Waals surface area contributed by atoms with Crippen LogP contribution < -0.4 is 11.1 Å². The number of hydrogen-bond acceptors (Lipinski definition) is 3. The summed E-state index contributed by atoms with van der Waals surface area (Å²) in [6.07, 6.45) is 5.39. The fourth-order valence-corrected chi connectivity index (χ4v) is 1.88. The molecule has 0 amide bonds. The molecule has 2 aromatic rings. The number of nitrogens with two attached hydrogens (primary N) is 1. The van der Waals surface area contributed by atoms with E-state index in [1.807, 2.05) is 7.05 Å². The number of aryl methyl sites for hydroxylation is 2. The molecule has 0 fully saturated rings. The highest BCUT2D eigenvalue weighted by atomic mass is 15.3. The quantitative estimate of drug-likeness (QED) is 0.849. The molecule has 2 rings (SSSR count). The van der Waals surface area contributed by atoms with Crippen LogP contribution in [0.25, 0.3) is 0 Å². The van der Waals surface area contributed by atoms with Gasteiger partial charge in [-0.3, -0.25) is 4.68 Å². The Balaban J connectivity index is 2.04. The van der Waals surface area contributed by atoms with Crippen LogP contribution in [0.5, 0.6) is 0 Å². The van der Waals surface area contributed by atoms with Crippen molar-refractivity contribution in [3.63, 3.8) is 0 Å². The van der Waals surface area contributed by atoms with Crippen molar-refractivity contribution in [2.24, 2.45) is 7.05 Å². The molecular weight excluding hydrogens is 224 g/mol. The van der Waals surface area contributed by atoms with E-state index in [4.69, 9.17) is 5.73 Å². The fourth-order valence-electron chi connectivity index (χ4n) is 1.88. The number of unbranched alkanes of at least 4 members (excludes halogenated alkanes) is 1. The van der Waals surface area contributed by atoms with Crippen LogP contribution in [-0.2, 0) is 13.5 Å². The molecule has 0 aliphatic carbocycles. The number of nitrogen functional groups attached to an aromatic ring is 1.